The Morgan fingerprint density at radius 2 is 1.66 bits per heavy atom. The van der Waals surface area contributed by atoms with E-state index in [9.17, 15) is 14.4 Å². The molecule has 1 aliphatic heterocycles. The minimum Gasteiger partial charge on any atom is -0.493 e. The third kappa shape index (κ3) is 5.03. The molecule has 1 N–H and O–H groups in total. The molecular weight excluding hydrogens is 448 g/mol. The number of piperazine rings is 1. The molecule has 1 aliphatic rings. The molecular formula is C26H32N4O5. The number of H-pyrrole nitrogens is 1. The highest BCUT2D eigenvalue weighted by molar-refractivity contribution is 5.81. The van der Waals surface area contributed by atoms with Gasteiger partial charge in [0.1, 0.15) is 0 Å². The molecule has 2 heterocycles. The molecule has 0 unspecified atom stereocenters. The number of aryl methyl sites for hydroxylation is 2. The summed E-state index contributed by atoms with van der Waals surface area (Å²) in [5, 5.41) is 0.330. The van der Waals surface area contributed by atoms with Crippen molar-refractivity contribution in [3.05, 3.63) is 62.3 Å². The van der Waals surface area contributed by atoms with Gasteiger partial charge in [0.15, 0.2) is 11.5 Å². The van der Waals surface area contributed by atoms with Crippen LogP contribution in [-0.4, -0.2) is 60.8 Å². The van der Waals surface area contributed by atoms with Gasteiger partial charge >= 0.3 is 5.69 Å². The Morgan fingerprint density at radius 1 is 0.971 bits per heavy atom. The summed E-state index contributed by atoms with van der Waals surface area (Å²) in [5.74, 6) is 0.879. The van der Waals surface area contributed by atoms with Crippen LogP contribution < -0.4 is 25.6 Å². The molecule has 0 radical (unpaired) electrons. The number of methoxy groups -OCH3 is 2. The fourth-order valence-electron chi connectivity index (χ4n) is 4.59. The Kier molecular flexibility index (Phi) is 7.14. The molecule has 0 atom stereocenters. The number of hydrogen-bond donors (Lipinski definition) is 1. The van der Waals surface area contributed by atoms with Crippen LogP contribution in [0, 0.1) is 13.8 Å². The molecule has 1 saturated heterocycles. The van der Waals surface area contributed by atoms with Gasteiger partial charge in [-0.05, 0) is 43.5 Å². The maximum atomic E-state index is 13.0. The number of amides is 1. The Morgan fingerprint density at radius 3 is 2.34 bits per heavy atom. The first kappa shape index (κ1) is 24.4. The first-order chi connectivity index (χ1) is 16.8. The monoisotopic (exact) mass is 480 g/mol. The van der Waals surface area contributed by atoms with Crippen molar-refractivity contribution in [1.82, 2.24) is 14.5 Å². The van der Waals surface area contributed by atoms with Crippen LogP contribution in [0.3, 0.4) is 0 Å². The number of rotatable bonds is 7. The van der Waals surface area contributed by atoms with Gasteiger partial charge in [-0.2, -0.15) is 0 Å². The van der Waals surface area contributed by atoms with Crippen molar-refractivity contribution in [2.24, 2.45) is 0 Å². The van der Waals surface area contributed by atoms with Gasteiger partial charge in [0.25, 0.3) is 5.56 Å². The largest absolute Gasteiger partial charge is 0.493 e. The van der Waals surface area contributed by atoms with Gasteiger partial charge in [0.05, 0.1) is 25.1 Å². The minimum atomic E-state index is -0.510. The SMILES string of the molecule is COc1cc2[nH]c(=O)n(CCCC(=O)N3CCN(c4cc(C)ccc4C)CC3)c(=O)c2cc1OC. The Bertz CT molecular complexity index is 1350. The Hall–Kier alpha value is -3.75. The molecule has 4 rings (SSSR count). The lowest BCUT2D eigenvalue weighted by Gasteiger charge is -2.37. The quantitative estimate of drug-likeness (QED) is 0.558. The van der Waals surface area contributed by atoms with Crippen molar-refractivity contribution >= 4 is 22.5 Å². The van der Waals surface area contributed by atoms with Crippen molar-refractivity contribution in [2.75, 3.05) is 45.3 Å². The molecule has 2 aromatic carbocycles. The van der Waals surface area contributed by atoms with E-state index in [4.69, 9.17) is 9.47 Å². The Labute approximate surface area is 203 Å². The molecule has 1 aromatic heterocycles. The molecule has 1 amide bonds. The lowest BCUT2D eigenvalue weighted by atomic mass is 10.1. The van der Waals surface area contributed by atoms with E-state index in [1.807, 2.05) is 4.90 Å². The zero-order chi connectivity index (χ0) is 25.1. The average molecular weight is 481 g/mol. The molecule has 35 heavy (non-hydrogen) atoms. The number of hydrogen-bond acceptors (Lipinski definition) is 6. The third-order valence-corrected chi connectivity index (χ3v) is 6.60. The molecule has 3 aromatic rings. The van der Waals surface area contributed by atoms with Gasteiger partial charge in [0, 0.05) is 50.9 Å². The van der Waals surface area contributed by atoms with Crippen molar-refractivity contribution in [2.45, 2.75) is 33.2 Å². The minimum absolute atomic E-state index is 0.0438. The highest BCUT2D eigenvalue weighted by Gasteiger charge is 2.22. The molecule has 186 valence electrons. The van der Waals surface area contributed by atoms with Crippen LogP contribution in [0.1, 0.15) is 24.0 Å². The number of aromatic nitrogens is 2. The van der Waals surface area contributed by atoms with Gasteiger partial charge < -0.3 is 24.3 Å². The number of benzene rings is 2. The third-order valence-electron chi connectivity index (χ3n) is 6.60. The van der Waals surface area contributed by atoms with Crippen LogP contribution in [0.4, 0.5) is 5.69 Å². The summed E-state index contributed by atoms with van der Waals surface area (Å²) >= 11 is 0. The van der Waals surface area contributed by atoms with Crippen molar-refractivity contribution in [1.29, 1.82) is 0 Å². The summed E-state index contributed by atoms with van der Waals surface area (Å²) in [7, 11) is 2.98. The number of fused-ring (bicyclic) bond motifs is 1. The summed E-state index contributed by atoms with van der Waals surface area (Å²) < 4.78 is 11.7. The molecule has 9 heteroatoms. The van der Waals surface area contributed by atoms with Gasteiger partial charge in [-0.25, -0.2) is 4.79 Å². The molecule has 0 bridgehead atoms. The standard InChI is InChI=1S/C26H32N4O5/c1-17-7-8-18(2)21(14-17)28-10-12-29(13-11-28)24(31)6-5-9-30-25(32)19-15-22(34-3)23(35-4)16-20(19)27-26(30)33/h7-8,14-16H,5-6,9-13H2,1-4H3,(H,27,33). The number of nitrogens with zero attached hydrogens (tertiary/aromatic N) is 3. The van der Waals surface area contributed by atoms with Gasteiger partial charge in [-0.1, -0.05) is 12.1 Å². The van der Waals surface area contributed by atoms with E-state index in [0.29, 0.717) is 41.9 Å². The molecule has 0 saturated carbocycles. The summed E-state index contributed by atoms with van der Waals surface area (Å²) in [4.78, 5) is 45.2. The normalized spacial score (nSPS) is 13.8. The summed E-state index contributed by atoms with van der Waals surface area (Å²) in [6.07, 6.45) is 0.678. The van der Waals surface area contributed by atoms with Crippen LogP contribution in [0.25, 0.3) is 10.9 Å². The first-order valence-corrected chi connectivity index (χ1v) is 11.8. The maximum absolute atomic E-state index is 13.0. The number of ether oxygens (including phenoxy) is 2. The number of carbonyl (C=O) groups excluding carboxylic acids is 1. The smallest absolute Gasteiger partial charge is 0.328 e. The van der Waals surface area contributed by atoms with E-state index in [1.165, 1.54) is 31.0 Å². The summed E-state index contributed by atoms with van der Waals surface area (Å²) in [5.41, 5.74) is 3.13. The van der Waals surface area contributed by atoms with E-state index in [0.717, 1.165) is 17.7 Å². The Balaban J connectivity index is 1.38. The van der Waals surface area contributed by atoms with E-state index >= 15 is 0 Å². The zero-order valence-corrected chi connectivity index (χ0v) is 20.7. The summed E-state index contributed by atoms with van der Waals surface area (Å²) in [6.45, 7) is 7.23. The molecule has 1 fully saturated rings. The lowest BCUT2D eigenvalue weighted by molar-refractivity contribution is -0.131. The average Bonchev–Trinajstić information content (AvgIpc) is 2.86. The van der Waals surface area contributed by atoms with E-state index in [2.05, 4.69) is 41.9 Å². The lowest BCUT2D eigenvalue weighted by Crippen LogP contribution is -2.49. The second kappa shape index (κ2) is 10.2. The van der Waals surface area contributed by atoms with Crippen molar-refractivity contribution in [3.8, 4) is 11.5 Å². The van der Waals surface area contributed by atoms with Crippen LogP contribution in [0.5, 0.6) is 11.5 Å². The van der Waals surface area contributed by atoms with E-state index in [1.54, 1.807) is 12.1 Å². The topological polar surface area (TPSA) is 96.9 Å². The predicted octanol–water partition coefficient (Wildman–Crippen LogP) is 2.45. The highest BCUT2D eigenvalue weighted by atomic mass is 16.5. The van der Waals surface area contributed by atoms with Gasteiger partial charge in [0.2, 0.25) is 5.91 Å². The second-order valence-electron chi connectivity index (χ2n) is 8.90. The first-order valence-electron chi connectivity index (χ1n) is 11.8. The van der Waals surface area contributed by atoms with Crippen molar-refractivity contribution < 1.29 is 14.3 Å². The zero-order valence-electron chi connectivity index (χ0n) is 20.7. The van der Waals surface area contributed by atoms with Crippen LogP contribution in [0.2, 0.25) is 0 Å². The van der Waals surface area contributed by atoms with Gasteiger partial charge in [-0.3, -0.25) is 14.2 Å². The van der Waals surface area contributed by atoms with Crippen LogP contribution in [0.15, 0.2) is 39.9 Å². The van der Waals surface area contributed by atoms with Crippen LogP contribution in [-0.2, 0) is 11.3 Å². The van der Waals surface area contributed by atoms with E-state index < -0.39 is 11.2 Å². The van der Waals surface area contributed by atoms with E-state index in [-0.39, 0.29) is 18.9 Å². The number of aromatic amines is 1. The molecule has 0 aliphatic carbocycles. The predicted molar refractivity (Wildman–Crippen MR) is 136 cm³/mol. The fourth-order valence-corrected chi connectivity index (χ4v) is 4.59. The molecule has 0 spiro atoms. The molecule has 9 nitrogen and oxygen atoms in total. The highest BCUT2D eigenvalue weighted by Crippen LogP contribution is 2.29. The fraction of sp³-hybridized carbons (Fsp3) is 0.423. The van der Waals surface area contributed by atoms with Crippen LogP contribution >= 0.6 is 0 Å². The number of anilines is 1. The second-order valence-corrected chi connectivity index (χ2v) is 8.90. The number of carbonyl (C=O) groups is 1. The van der Waals surface area contributed by atoms with Crippen molar-refractivity contribution in [3.63, 3.8) is 0 Å². The van der Waals surface area contributed by atoms with Gasteiger partial charge in [-0.15, -0.1) is 0 Å². The maximum Gasteiger partial charge on any atom is 0.328 e. The summed E-state index contributed by atoms with van der Waals surface area (Å²) in [6, 6.07) is 9.56. The number of nitrogens with one attached hydrogen (secondary N) is 1.